The molecular weight excluding hydrogens is 250 g/mol. The zero-order chi connectivity index (χ0) is 13.8. The maximum Gasteiger partial charge on any atom is 0.227 e. The predicted molar refractivity (Wildman–Crippen MR) is 78.3 cm³/mol. The third-order valence-electron chi connectivity index (χ3n) is 4.73. The molecule has 1 spiro atoms. The zero-order valence-corrected chi connectivity index (χ0v) is 12.0. The van der Waals surface area contributed by atoms with Gasteiger partial charge in [0.05, 0.1) is 12.0 Å². The van der Waals surface area contributed by atoms with Gasteiger partial charge in [0.2, 0.25) is 5.91 Å². The molecule has 1 aromatic rings. The molecule has 108 valence electrons. The average molecular weight is 273 g/mol. The van der Waals surface area contributed by atoms with Crippen LogP contribution < -0.4 is 5.32 Å². The van der Waals surface area contributed by atoms with E-state index in [1.165, 1.54) is 19.3 Å². The highest BCUT2D eigenvalue weighted by Crippen LogP contribution is 2.34. The number of hydrogen-bond acceptors (Lipinski definition) is 3. The Balaban J connectivity index is 1.74. The average Bonchev–Trinajstić information content (AvgIpc) is 2.49. The molecular formula is C16H23N3O. The van der Waals surface area contributed by atoms with Crippen molar-refractivity contribution >= 4 is 5.91 Å². The number of hydrogen-bond donors (Lipinski definition) is 1. The highest BCUT2D eigenvalue weighted by atomic mass is 16.2. The minimum absolute atomic E-state index is 0.0839. The van der Waals surface area contributed by atoms with Crippen molar-refractivity contribution in [1.29, 1.82) is 0 Å². The summed E-state index contributed by atoms with van der Waals surface area (Å²) in [6, 6.07) is 3.88. The number of nitrogens with zero attached hydrogens (tertiary/aromatic N) is 2. The number of aromatic nitrogens is 1. The number of carbonyl (C=O) groups excluding carboxylic acids is 1. The van der Waals surface area contributed by atoms with Crippen molar-refractivity contribution < 1.29 is 4.79 Å². The number of carbonyl (C=O) groups is 1. The van der Waals surface area contributed by atoms with Gasteiger partial charge in [0, 0.05) is 32.0 Å². The highest BCUT2D eigenvalue weighted by Gasteiger charge is 2.41. The van der Waals surface area contributed by atoms with Crippen LogP contribution in [0.15, 0.2) is 24.5 Å². The fraction of sp³-hybridized carbons (Fsp3) is 0.625. The van der Waals surface area contributed by atoms with Gasteiger partial charge in [-0.3, -0.25) is 9.78 Å². The van der Waals surface area contributed by atoms with Gasteiger partial charge in [-0.2, -0.15) is 0 Å². The van der Waals surface area contributed by atoms with Crippen LogP contribution in [0.4, 0.5) is 0 Å². The molecule has 1 aliphatic heterocycles. The largest absolute Gasteiger partial charge is 0.334 e. The summed E-state index contributed by atoms with van der Waals surface area (Å²) in [6.45, 7) is 2.74. The van der Waals surface area contributed by atoms with Gasteiger partial charge in [0.15, 0.2) is 0 Å². The third kappa shape index (κ3) is 2.70. The molecule has 1 amide bonds. The van der Waals surface area contributed by atoms with Crippen molar-refractivity contribution in [2.75, 3.05) is 19.6 Å². The van der Waals surface area contributed by atoms with Crippen LogP contribution in [0.1, 0.15) is 37.7 Å². The molecule has 0 bridgehead atoms. The van der Waals surface area contributed by atoms with Crippen molar-refractivity contribution in [1.82, 2.24) is 15.2 Å². The number of amides is 1. The Kier molecular flexibility index (Phi) is 4.01. The first kappa shape index (κ1) is 13.6. The summed E-state index contributed by atoms with van der Waals surface area (Å²) in [5.74, 6) is 0.277. The monoisotopic (exact) mass is 273 g/mol. The summed E-state index contributed by atoms with van der Waals surface area (Å²) in [7, 11) is 0. The Hall–Kier alpha value is -1.42. The lowest BCUT2D eigenvalue weighted by atomic mass is 9.79. The highest BCUT2D eigenvalue weighted by molar-refractivity contribution is 5.79. The van der Waals surface area contributed by atoms with E-state index >= 15 is 0 Å². The van der Waals surface area contributed by atoms with Gasteiger partial charge in [-0.05, 0) is 30.5 Å². The minimum atomic E-state index is 0.0839. The molecule has 4 heteroatoms. The van der Waals surface area contributed by atoms with E-state index in [-0.39, 0.29) is 11.4 Å². The van der Waals surface area contributed by atoms with Gasteiger partial charge < -0.3 is 10.2 Å². The molecule has 2 heterocycles. The lowest BCUT2D eigenvalue weighted by Crippen LogP contribution is -2.63. The molecule has 1 N–H and O–H groups in total. The SMILES string of the molecule is O=C(Cc1ccncc1)N1CCNCC12CCCCC2. The van der Waals surface area contributed by atoms with E-state index in [9.17, 15) is 4.79 Å². The normalized spacial score (nSPS) is 21.9. The van der Waals surface area contributed by atoms with Gasteiger partial charge >= 0.3 is 0 Å². The van der Waals surface area contributed by atoms with Gasteiger partial charge in [-0.25, -0.2) is 0 Å². The molecule has 1 aromatic heterocycles. The fourth-order valence-corrected chi connectivity index (χ4v) is 3.66. The first-order valence-corrected chi connectivity index (χ1v) is 7.70. The first-order chi connectivity index (χ1) is 9.80. The summed E-state index contributed by atoms with van der Waals surface area (Å²) in [5, 5.41) is 3.49. The molecule has 1 saturated heterocycles. The van der Waals surface area contributed by atoms with Crippen LogP contribution in [0.3, 0.4) is 0 Å². The fourth-order valence-electron chi connectivity index (χ4n) is 3.66. The summed E-state index contributed by atoms with van der Waals surface area (Å²) in [6.07, 6.45) is 10.2. The molecule has 3 rings (SSSR count). The molecule has 0 unspecified atom stereocenters. The van der Waals surface area contributed by atoms with Crippen molar-refractivity contribution in [3.63, 3.8) is 0 Å². The van der Waals surface area contributed by atoms with Crippen LogP contribution in [0, 0.1) is 0 Å². The molecule has 2 aliphatic rings. The maximum atomic E-state index is 12.7. The van der Waals surface area contributed by atoms with Crippen LogP contribution in [0.5, 0.6) is 0 Å². The molecule has 0 atom stereocenters. The van der Waals surface area contributed by atoms with Gasteiger partial charge in [0.1, 0.15) is 0 Å². The van der Waals surface area contributed by atoms with Gasteiger partial charge in [-0.1, -0.05) is 19.3 Å². The van der Waals surface area contributed by atoms with E-state index in [2.05, 4.69) is 15.2 Å². The zero-order valence-electron chi connectivity index (χ0n) is 12.0. The Morgan fingerprint density at radius 2 is 2.00 bits per heavy atom. The second kappa shape index (κ2) is 5.92. The Morgan fingerprint density at radius 3 is 2.75 bits per heavy atom. The predicted octanol–water partition coefficient (Wildman–Crippen LogP) is 1.76. The molecule has 2 fully saturated rings. The van der Waals surface area contributed by atoms with Crippen LogP contribution in [-0.2, 0) is 11.2 Å². The Bertz CT molecular complexity index is 446. The number of pyridine rings is 1. The number of piperazine rings is 1. The Morgan fingerprint density at radius 1 is 1.25 bits per heavy atom. The van der Waals surface area contributed by atoms with Crippen molar-refractivity contribution in [3.05, 3.63) is 30.1 Å². The van der Waals surface area contributed by atoms with E-state index < -0.39 is 0 Å². The standard InChI is InChI=1S/C16H23N3O/c20-15(12-14-4-8-17-9-5-14)19-11-10-18-13-16(19)6-2-1-3-7-16/h4-5,8-9,18H,1-3,6-7,10-13H2. The molecule has 0 aromatic carbocycles. The van der Waals surface area contributed by atoms with E-state index in [1.54, 1.807) is 12.4 Å². The number of nitrogens with one attached hydrogen (secondary N) is 1. The van der Waals surface area contributed by atoms with Crippen molar-refractivity contribution in [3.8, 4) is 0 Å². The maximum absolute atomic E-state index is 12.7. The van der Waals surface area contributed by atoms with Crippen molar-refractivity contribution in [2.24, 2.45) is 0 Å². The van der Waals surface area contributed by atoms with E-state index in [4.69, 9.17) is 0 Å². The lowest BCUT2D eigenvalue weighted by Gasteiger charge is -2.50. The molecule has 1 aliphatic carbocycles. The third-order valence-corrected chi connectivity index (χ3v) is 4.73. The van der Waals surface area contributed by atoms with E-state index in [0.717, 1.165) is 38.0 Å². The Labute approximate surface area is 120 Å². The van der Waals surface area contributed by atoms with E-state index in [0.29, 0.717) is 6.42 Å². The smallest absolute Gasteiger partial charge is 0.227 e. The van der Waals surface area contributed by atoms with E-state index in [1.807, 2.05) is 12.1 Å². The topological polar surface area (TPSA) is 45.2 Å². The van der Waals surface area contributed by atoms with Crippen LogP contribution >= 0.6 is 0 Å². The summed E-state index contributed by atoms with van der Waals surface area (Å²) < 4.78 is 0. The quantitative estimate of drug-likeness (QED) is 0.893. The first-order valence-electron chi connectivity index (χ1n) is 7.70. The van der Waals surface area contributed by atoms with Crippen LogP contribution in [-0.4, -0.2) is 41.0 Å². The summed E-state index contributed by atoms with van der Waals surface area (Å²) in [5.41, 5.74) is 1.15. The molecule has 4 nitrogen and oxygen atoms in total. The van der Waals surface area contributed by atoms with Crippen LogP contribution in [0.25, 0.3) is 0 Å². The second-order valence-electron chi connectivity index (χ2n) is 6.04. The summed E-state index contributed by atoms with van der Waals surface area (Å²) in [4.78, 5) is 18.9. The van der Waals surface area contributed by atoms with Gasteiger partial charge in [-0.15, -0.1) is 0 Å². The number of rotatable bonds is 2. The van der Waals surface area contributed by atoms with Gasteiger partial charge in [0.25, 0.3) is 0 Å². The van der Waals surface area contributed by atoms with Crippen LogP contribution in [0.2, 0.25) is 0 Å². The minimum Gasteiger partial charge on any atom is -0.334 e. The lowest BCUT2D eigenvalue weighted by molar-refractivity contribution is -0.140. The molecule has 0 radical (unpaired) electrons. The van der Waals surface area contributed by atoms with Crippen molar-refractivity contribution in [2.45, 2.75) is 44.1 Å². The summed E-state index contributed by atoms with van der Waals surface area (Å²) >= 11 is 0. The molecule has 1 saturated carbocycles. The molecule has 20 heavy (non-hydrogen) atoms. The second-order valence-corrected chi connectivity index (χ2v) is 6.04.